The van der Waals surface area contributed by atoms with Crippen LogP contribution in [0.5, 0.6) is 0 Å². The number of nitrogens with zero attached hydrogens (tertiary/aromatic N) is 4. The van der Waals surface area contributed by atoms with Crippen LogP contribution in [0.25, 0.3) is 0 Å². The van der Waals surface area contributed by atoms with E-state index >= 15 is 0 Å². The lowest BCUT2D eigenvalue weighted by atomic mass is 10.1. The summed E-state index contributed by atoms with van der Waals surface area (Å²) in [5.74, 6) is -0.176. The lowest BCUT2D eigenvalue weighted by molar-refractivity contribution is -0.134. The molecule has 25 heavy (non-hydrogen) atoms. The van der Waals surface area contributed by atoms with Crippen molar-refractivity contribution in [3.8, 4) is 0 Å². The Morgan fingerprint density at radius 2 is 2.16 bits per heavy atom. The fourth-order valence-corrected chi connectivity index (χ4v) is 3.01. The van der Waals surface area contributed by atoms with Gasteiger partial charge in [-0.2, -0.15) is 5.10 Å². The molecule has 2 aliphatic heterocycles. The third-order valence-corrected chi connectivity index (χ3v) is 4.18. The van der Waals surface area contributed by atoms with Gasteiger partial charge in [-0.1, -0.05) is 0 Å². The van der Waals surface area contributed by atoms with E-state index in [2.05, 4.69) is 10.4 Å². The monoisotopic (exact) mass is 353 g/mol. The van der Waals surface area contributed by atoms with Gasteiger partial charge in [-0.25, -0.2) is 0 Å². The predicted octanol–water partition coefficient (Wildman–Crippen LogP) is -1.15. The number of amides is 2. The van der Waals surface area contributed by atoms with Crippen molar-refractivity contribution >= 4 is 24.0 Å². The largest absolute Gasteiger partial charge is 0.483 e. The van der Waals surface area contributed by atoms with Crippen LogP contribution in [0.15, 0.2) is 12.4 Å². The van der Waals surface area contributed by atoms with Gasteiger partial charge in [0, 0.05) is 33.4 Å². The molecule has 0 spiro atoms. The van der Waals surface area contributed by atoms with Crippen LogP contribution in [0.2, 0.25) is 0 Å². The Morgan fingerprint density at radius 3 is 2.80 bits per heavy atom. The molecule has 0 unspecified atom stereocenters. The van der Waals surface area contributed by atoms with Crippen molar-refractivity contribution in [1.29, 1.82) is 0 Å². The van der Waals surface area contributed by atoms with Crippen molar-refractivity contribution in [2.24, 2.45) is 13.0 Å². The number of ether oxygens (including phenoxy) is 1. The summed E-state index contributed by atoms with van der Waals surface area (Å²) in [7, 11) is 3.61. The van der Waals surface area contributed by atoms with Crippen molar-refractivity contribution in [1.82, 2.24) is 19.6 Å². The zero-order valence-electron chi connectivity index (χ0n) is 14.3. The minimum atomic E-state index is -0.250. The Kier molecular flexibility index (Phi) is 6.48. The highest BCUT2D eigenvalue weighted by Gasteiger charge is 2.37. The molecule has 1 aromatic rings. The maximum Gasteiger partial charge on any atom is 0.290 e. The summed E-state index contributed by atoms with van der Waals surface area (Å²) in [6, 6.07) is 0.00573. The molecule has 1 aromatic heterocycles. The fourth-order valence-electron chi connectivity index (χ4n) is 3.01. The molecule has 2 N–H and O–H groups in total. The predicted molar refractivity (Wildman–Crippen MR) is 87.8 cm³/mol. The SMILES string of the molecule is CN1C(=O)[C@H]2COC[C@@H]1CN(CC(=O)Nc1cnn(C)c1)C2.O=CO. The van der Waals surface area contributed by atoms with Gasteiger partial charge in [0.05, 0.1) is 43.6 Å². The van der Waals surface area contributed by atoms with E-state index in [0.29, 0.717) is 32.0 Å². The second-order valence-electron chi connectivity index (χ2n) is 6.09. The summed E-state index contributed by atoms with van der Waals surface area (Å²) in [6.07, 6.45) is 3.36. The van der Waals surface area contributed by atoms with E-state index in [4.69, 9.17) is 14.6 Å². The highest BCUT2D eigenvalue weighted by Crippen LogP contribution is 2.19. The van der Waals surface area contributed by atoms with Crippen LogP contribution < -0.4 is 5.32 Å². The van der Waals surface area contributed by atoms with Crippen LogP contribution in [0, 0.1) is 5.92 Å². The lowest BCUT2D eigenvalue weighted by Crippen LogP contribution is -2.45. The van der Waals surface area contributed by atoms with Crippen LogP contribution in [-0.2, 0) is 26.2 Å². The molecule has 0 aliphatic carbocycles. The van der Waals surface area contributed by atoms with Gasteiger partial charge >= 0.3 is 0 Å². The molecule has 2 amide bonds. The highest BCUT2D eigenvalue weighted by molar-refractivity contribution is 5.92. The molecule has 2 fully saturated rings. The molecule has 2 bridgehead atoms. The second kappa shape index (κ2) is 8.58. The van der Waals surface area contributed by atoms with Gasteiger partial charge in [0.2, 0.25) is 11.8 Å². The Morgan fingerprint density at radius 1 is 1.44 bits per heavy atom. The normalized spacial score (nSPS) is 23.3. The molecule has 10 nitrogen and oxygen atoms in total. The molecular weight excluding hydrogens is 330 g/mol. The first-order chi connectivity index (χ1) is 11.9. The molecule has 10 heteroatoms. The number of carbonyl (C=O) groups excluding carboxylic acids is 2. The number of aryl methyl sites for hydroxylation is 1. The van der Waals surface area contributed by atoms with Gasteiger partial charge in [0.1, 0.15) is 0 Å². The fraction of sp³-hybridized carbons (Fsp3) is 0.600. The van der Waals surface area contributed by atoms with Gasteiger partial charge in [-0.05, 0) is 0 Å². The number of carboxylic acid groups (broad SMARTS) is 1. The summed E-state index contributed by atoms with van der Waals surface area (Å²) >= 11 is 0. The number of hydrogen-bond acceptors (Lipinski definition) is 6. The summed E-state index contributed by atoms with van der Waals surface area (Å²) < 4.78 is 7.19. The molecule has 0 saturated carbocycles. The van der Waals surface area contributed by atoms with Crippen molar-refractivity contribution in [3.63, 3.8) is 0 Å². The van der Waals surface area contributed by atoms with Crippen molar-refractivity contribution in [2.75, 3.05) is 45.2 Å². The van der Waals surface area contributed by atoms with E-state index in [1.54, 1.807) is 29.0 Å². The Hall–Kier alpha value is -2.46. The zero-order valence-corrected chi connectivity index (χ0v) is 14.3. The summed E-state index contributed by atoms with van der Waals surface area (Å²) in [4.78, 5) is 36.6. The molecule has 138 valence electrons. The number of aromatic nitrogens is 2. The number of nitrogens with one attached hydrogen (secondary N) is 1. The van der Waals surface area contributed by atoms with Crippen LogP contribution in [-0.4, -0.2) is 88.9 Å². The maximum atomic E-state index is 12.3. The molecule has 0 radical (unpaired) electrons. The number of anilines is 1. The first-order valence-corrected chi connectivity index (χ1v) is 7.87. The highest BCUT2D eigenvalue weighted by atomic mass is 16.5. The third-order valence-electron chi connectivity index (χ3n) is 4.18. The number of carbonyl (C=O) groups is 3. The van der Waals surface area contributed by atoms with Crippen LogP contribution in [0.1, 0.15) is 0 Å². The molecule has 2 aliphatic rings. The smallest absolute Gasteiger partial charge is 0.290 e. The van der Waals surface area contributed by atoms with Gasteiger partial charge in [-0.15, -0.1) is 0 Å². The van der Waals surface area contributed by atoms with E-state index in [1.807, 2.05) is 11.9 Å². The topological polar surface area (TPSA) is 117 Å². The molecule has 2 atom stereocenters. The van der Waals surface area contributed by atoms with Crippen molar-refractivity contribution < 1.29 is 24.2 Å². The van der Waals surface area contributed by atoms with E-state index in [9.17, 15) is 9.59 Å². The first kappa shape index (κ1) is 18.9. The van der Waals surface area contributed by atoms with Crippen molar-refractivity contribution in [3.05, 3.63) is 12.4 Å². The maximum absolute atomic E-state index is 12.3. The standard InChI is InChI=1S/C14H21N5O3.CH2O2/c1-17-5-11(3-15-17)16-13(20)7-19-4-10-8-22-9-12(6-19)18(2)14(10)21;2-1-3/h3,5,10,12H,4,6-9H2,1-2H3,(H,16,20);1H,(H,2,3)/t10-,12+;/m1./s1. The van der Waals surface area contributed by atoms with E-state index in [1.165, 1.54) is 0 Å². The number of hydrogen-bond donors (Lipinski definition) is 2. The Bertz CT molecular complexity index is 619. The summed E-state index contributed by atoms with van der Waals surface area (Å²) in [5.41, 5.74) is 0.680. The minimum absolute atomic E-state index is 0.00573. The second-order valence-corrected chi connectivity index (χ2v) is 6.09. The quantitative estimate of drug-likeness (QED) is 0.659. The third kappa shape index (κ3) is 5.00. The number of likely N-dealkylation sites (N-methyl/N-ethyl adjacent to an activating group) is 1. The van der Waals surface area contributed by atoms with Gasteiger partial charge in [0.25, 0.3) is 6.47 Å². The Balaban J connectivity index is 0.000000701. The van der Waals surface area contributed by atoms with Gasteiger partial charge in [-0.3, -0.25) is 24.0 Å². The summed E-state index contributed by atoms with van der Waals surface area (Å²) in [6.45, 7) is 2.18. The average molecular weight is 353 g/mol. The minimum Gasteiger partial charge on any atom is -0.483 e. The molecule has 2 saturated heterocycles. The van der Waals surface area contributed by atoms with Crippen molar-refractivity contribution in [2.45, 2.75) is 6.04 Å². The zero-order chi connectivity index (χ0) is 18.4. The first-order valence-electron chi connectivity index (χ1n) is 7.87. The van der Waals surface area contributed by atoms with E-state index < -0.39 is 0 Å². The molecule has 3 heterocycles. The lowest BCUT2D eigenvalue weighted by Gasteiger charge is -2.28. The Labute approximate surface area is 145 Å². The van der Waals surface area contributed by atoms with Gasteiger partial charge < -0.3 is 20.1 Å². The van der Waals surface area contributed by atoms with Crippen LogP contribution in [0.4, 0.5) is 5.69 Å². The van der Waals surface area contributed by atoms with E-state index in [-0.39, 0.29) is 36.8 Å². The van der Waals surface area contributed by atoms with Crippen LogP contribution >= 0.6 is 0 Å². The average Bonchev–Trinajstić information content (AvgIpc) is 2.84. The van der Waals surface area contributed by atoms with E-state index in [0.717, 1.165) is 0 Å². The molecule has 0 aromatic carbocycles. The number of rotatable bonds is 3. The number of fused-ring (bicyclic) bond motifs is 3. The molecule has 3 rings (SSSR count). The van der Waals surface area contributed by atoms with Crippen LogP contribution in [0.3, 0.4) is 0 Å². The van der Waals surface area contributed by atoms with Gasteiger partial charge in [0.15, 0.2) is 0 Å². The molecular formula is C15H23N5O5. The summed E-state index contributed by atoms with van der Waals surface area (Å²) in [5, 5.41) is 13.7.